The first-order chi connectivity index (χ1) is 12.8. The van der Waals surface area contributed by atoms with Crippen molar-refractivity contribution in [3.8, 4) is 0 Å². The highest BCUT2D eigenvalue weighted by Crippen LogP contribution is 2.25. The van der Waals surface area contributed by atoms with E-state index in [0.29, 0.717) is 5.69 Å². The van der Waals surface area contributed by atoms with Crippen LogP contribution in [-0.4, -0.2) is 39.2 Å². The first kappa shape index (κ1) is 19.5. The topological polar surface area (TPSA) is 80.6 Å². The number of carbonyl (C=O) groups excluding carboxylic acids is 1. The number of hydrogen-bond acceptors (Lipinski definition) is 5. The maximum atomic E-state index is 12.5. The maximum Gasteiger partial charge on any atom is 0.279 e. The van der Waals surface area contributed by atoms with Crippen molar-refractivity contribution in [1.29, 1.82) is 0 Å². The summed E-state index contributed by atoms with van der Waals surface area (Å²) in [4.78, 5) is 18.2. The molecule has 0 saturated carbocycles. The lowest BCUT2D eigenvalue weighted by molar-refractivity contribution is -0.902. The number of quaternary nitrogens is 1. The minimum atomic E-state index is -3.41. The molecular formula is C19H22N3O3S2+. The van der Waals surface area contributed by atoms with Gasteiger partial charge < -0.3 is 10.2 Å². The summed E-state index contributed by atoms with van der Waals surface area (Å²) < 4.78 is 24.9. The van der Waals surface area contributed by atoms with E-state index in [1.165, 1.54) is 6.07 Å². The average molecular weight is 405 g/mol. The number of nitrogens with zero attached hydrogens (tertiary/aromatic N) is 1. The Morgan fingerprint density at radius 1 is 1.19 bits per heavy atom. The van der Waals surface area contributed by atoms with E-state index in [4.69, 9.17) is 0 Å². The highest BCUT2D eigenvalue weighted by Gasteiger charge is 2.23. The molecule has 0 saturated heterocycles. The van der Waals surface area contributed by atoms with Crippen LogP contribution >= 0.6 is 11.3 Å². The van der Waals surface area contributed by atoms with Crippen LogP contribution < -0.4 is 10.2 Å². The van der Waals surface area contributed by atoms with Crippen LogP contribution in [0.15, 0.2) is 53.4 Å². The number of carbonyl (C=O) groups is 1. The molecule has 1 heterocycles. The van der Waals surface area contributed by atoms with E-state index < -0.39 is 9.84 Å². The van der Waals surface area contributed by atoms with Gasteiger partial charge in [0.05, 0.1) is 27.8 Å². The van der Waals surface area contributed by atoms with E-state index in [1.54, 1.807) is 29.5 Å². The number of para-hydroxylation sites is 2. The van der Waals surface area contributed by atoms with Gasteiger partial charge in [-0.05, 0) is 31.2 Å². The first-order valence-corrected chi connectivity index (χ1v) is 11.2. The molecule has 2 atom stereocenters. The van der Waals surface area contributed by atoms with E-state index in [0.717, 1.165) is 26.4 Å². The molecule has 0 fully saturated rings. The summed E-state index contributed by atoms with van der Waals surface area (Å²) in [6.45, 7) is 2.24. The van der Waals surface area contributed by atoms with E-state index >= 15 is 0 Å². The molecule has 0 radical (unpaired) electrons. The average Bonchev–Trinajstić information content (AvgIpc) is 3.04. The predicted molar refractivity (Wildman–Crippen MR) is 108 cm³/mol. The number of hydrogen-bond donors (Lipinski definition) is 2. The highest BCUT2D eigenvalue weighted by molar-refractivity contribution is 7.90. The molecule has 1 aromatic heterocycles. The van der Waals surface area contributed by atoms with Gasteiger partial charge in [0.25, 0.3) is 5.91 Å². The predicted octanol–water partition coefficient (Wildman–Crippen LogP) is 1.91. The largest absolute Gasteiger partial charge is 0.322 e. The van der Waals surface area contributed by atoms with Crippen molar-refractivity contribution >= 4 is 43.0 Å². The number of rotatable bonds is 6. The summed E-state index contributed by atoms with van der Waals surface area (Å²) in [7, 11) is -1.48. The normalized spacial score (nSPS) is 14.0. The van der Waals surface area contributed by atoms with Crippen molar-refractivity contribution in [3.63, 3.8) is 0 Å². The van der Waals surface area contributed by atoms with Gasteiger partial charge in [-0.2, -0.15) is 0 Å². The summed E-state index contributed by atoms with van der Waals surface area (Å²) in [5, 5.41) is 3.70. The maximum absolute atomic E-state index is 12.5. The van der Waals surface area contributed by atoms with Gasteiger partial charge in [0.2, 0.25) is 0 Å². The van der Waals surface area contributed by atoms with Gasteiger partial charge in [-0.3, -0.25) is 4.79 Å². The number of fused-ring (bicyclic) bond motifs is 1. The van der Waals surface area contributed by atoms with E-state index in [9.17, 15) is 13.2 Å². The molecule has 0 aliphatic rings. The Hall–Kier alpha value is -2.29. The zero-order chi connectivity index (χ0) is 19.6. The summed E-state index contributed by atoms with van der Waals surface area (Å²) in [5.74, 6) is -0.239. The Kier molecular flexibility index (Phi) is 5.59. The number of likely N-dealkylation sites (N-methyl/N-ethyl adjacent to an activating group) is 1. The van der Waals surface area contributed by atoms with Gasteiger partial charge in [0, 0.05) is 6.26 Å². The molecular weight excluding hydrogens is 382 g/mol. The number of anilines is 1. The lowest BCUT2D eigenvalue weighted by atomic mass is 10.3. The molecule has 1 unspecified atom stereocenters. The molecule has 0 bridgehead atoms. The molecule has 2 aromatic carbocycles. The second-order valence-electron chi connectivity index (χ2n) is 6.58. The number of sulfone groups is 1. The van der Waals surface area contributed by atoms with Gasteiger partial charge in [-0.25, -0.2) is 13.4 Å². The number of aromatic nitrogens is 1. The summed E-state index contributed by atoms with van der Waals surface area (Å²) in [6, 6.07) is 14.4. The lowest BCUT2D eigenvalue weighted by Gasteiger charge is -2.19. The molecule has 0 aliphatic heterocycles. The minimum absolute atomic E-state index is 0.0401. The minimum Gasteiger partial charge on any atom is -0.322 e. The molecule has 27 heavy (non-hydrogen) atoms. The Labute approximate surface area is 162 Å². The fraction of sp³-hybridized carbons (Fsp3) is 0.263. The van der Waals surface area contributed by atoms with Crippen molar-refractivity contribution in [2.75, 3.05) is 25.2 Å². The second kappa shape index (κ2) is 7.75. The SMILES string of the molecule is C[C@@H](c1nc2ccccc2s1)[NH+](C)CC(=O)Nc1ccccc1S(C)(=O)=O. The zero-order valence-electron chi connectivity index (χ0n) is 15.4. The van der Waals surface area contributed by atoms with Crippen LogP contribution in [-0.2, 0) is 14.6 Å². The molecule has 2 N–H and O–H groups in total. The van der Waals surface area contributed by atoms with Crippen LogP contribution in [0.25, 0.3) is 10.2 Å². The third kappa shape index (κ3) is 4.52. The summed E-state index contributed by atoms with van der Waals surface area (Å²) in [5.41, 5.74) is 1.27. The Morgan fingerprint density at radius 3 is 2.56 bits per heavy atom. The molecule has 3 rings (SSSR count). The zero-order valence-corrected chi connectivity index (χ0v) is 17.0. The van der Waals surface area contributed by atoms with Crippen LogP contribution in [0.4, 0.5) is 5.69 Å². The third-order valence-electron chi connectivity index (χ3n) is 4.42. The molecule has 1 amide bonds. The molecule has 0 spiro atoms. The van der Waals surface area contributed by atoms with Crippen molar-refractivity contribution in [2.45, 2.75) is 17.9 Å². The van der Waals surface area contributed by atoms with Crippen LogP contribution in [0.5, 0.6) is 0 Å². The van der Waals surface area contributed by atoms with Crippen LogP contribution in [0.2, 0.25) is 0 Å². The molecule has 8 heteroatoms. The van der Waals surface area contributed by atoms with Gasteiger partial charge in [0.15, 0.2) is 21.4 Å². The monoisotopic (exact) mass is 404 g/mol. The van der Waals surface area contributed by atoms with Crippen molar-refractivity contribution in [3.05, 3.63) is 53.5 Å². The highest BCUT2D eigenvalue weighted by atomic mass is 32.2. The standard InChI is InChI=1S/C19H21N3O3S2/c1-13(19-21-14-8-4-6-10-16(14)26-19)22(2)12-18(23)20-15-9-5-7-11-17(15)27(3,24)25/h4-11,13H,12H2,1-3H3,(H,20,23)/p+1/t13-/m0/s1. The lowest BCUT2D eigenvalue weighted by Crippen LogP contribution is -3.10. The fourth-order valence-corrected chi connectivity index (χ4v) is 4.74. The van der Waals surface area contributed by atoms with Crippen molar-refractivity contribution < 1.29 is 18.1 Å². The van der Waals surface area contributed by atoms with Crippen molar-refractivity contribution in [1.82, 2.24) is 4.98 Å². The molecule has 0 aliphatic carbocycles. The van der Waals surface area contributed by atoms with E-state index in [1.807, 2.05) is 38.2 Å². The van der Waals surface area contributed by atoms with Gasteiger partial charge in [-0.15, -0.1) is 11.3 Å². The van der Waals surface area contributed by atoms with Crippen LogP contribution in [0.3, 0.4) is 0 Å². The Balaban J connectivity index is 1.71. The Morgan fingerprint density at radius 2 is 1.85 bits per heavy atom. The van der Waals surface area contributed by atoms with Crippen LogP contribution in [0, 0.1) is 0 Å². The van der Waals surface area contributed by atoms with Gasteiger partial charge in [0.1, 0.15) is 6.04 Å². The molecule has 3 aromatic rings. The first-order valence-electron chi connectivity index (χ1n) is 8.52. The number of nitrogens with one attached hydrogen (secondary N) is 2. The third-order valence-corrected chi connectivity index (χ3v) is 6.79. The smallest absolute Gasteiger partial charge is 0.279 e. The molecule has 6 nitrogen and oxygen atoms in total. The van der Waals surface area contributed by atoms with Crippen molar-refractivity contribution in [2.24, 2.45) is 0 Å². The second-order valence-corrected chi connectivity index (χ2v) is 9.63. The number of thiazole rings is 1. The van der Waals surface area contributed by atoms with Gasteiger partial charge in [-0.1, -0.05) is 24.3 Å². The quantitative estimate of drug-likeness (QED) is 0.658. The summed E-state index contributed by atoms with van der Waals surface area (Å²) in [6.07, 6.45) is 1.13. The van der Waals surface area contributed by atoms with E-state index in [-0.39, 0.29) is 23.4 Å². The Bertz CT molecular complexity index is 1040. The summed E-state index contributed by atoms with van der Waals surface area (Å²) >= 11 is 1.63. The fourth-order valence-electron chi connectivity index (χ4n) is 2.78. The van der Waals surface area contributed by atoms with Gasteiger partial charge >= 0.3 is 0 Å². The number of benzene rings is 2. The van der Waals surface area contributed by atoms with E-state index in [2.05, 4.69) is 10.3 Å². The molecule has 142 valence electrons. The van der Waals surface area contributed by atoms with Crippen LogP contribution in [0.1, 0.15) is 18.0 Å². The number of amides is 1.